The normalized spacial score (nSPS) is 26.9. The summed E-state index contributed by atoms with van der Waals surface area (Å²) in [5, 5.41) is 8.10. The van der Waals surface area contributed by atoms with Gasteiger partial charge in [-0.3, -0.25) is 24.5 Å². The molecule has 5 aliphatic rings. The third-order valence-electron chi connectivity index (χ3n) is 14.2. The van der Waals surface area contributed by atoms with Crippen LogP contribution in [0.3, 0.4) is 0 Å². The summed E-state index contributed by atoms with van der Waals surface area (Å²) >= 11 is 1.45. The summed E-state index contributed by atoms with van der Waals surface area (Å²) in [6, 6.07) is 8.27. The van der Waals surface area contributed by atoms with E-state index in [2.05, 4.69) is 78.4 Å². The Morgan fingerprint density at radius 1 is 1.08 bits per heavy atom. The number of pyridine rings is 1. The maximum Gasteiger partial charge on any atom is 0.408 e. The molecule has 8 heterocycles. The number of carbonyl (C=O) groups excluding carboxylic acids is 3. The lowest BCUT2D eigenvalue weighted by Crippen LogP contribution is -2.64. The molecule has 4 aromatic rings. The average molecular weight is 926 g/mol. The first kappa shape index (κ1) is 46.7. The quantitative estimate of drug-likeness (QED) is 0.176. The molecule has 0 spiro atoms. The first-order valence-electron chi connectivity index (χ1n) is 23.8. The molecule has 2 N–H and O–H groups in total. The van der Waals surface area contributed by atoms with Crippen LogP contribution in [0, 0.1) is 5.41 Å². The molecule has 15 nitrogen and oxygen atoms in total. The fraction of sp³-hybridized carbons (Fsp3) is 0.620. The van der Waals surface area contributed by atoms with E-state index >= 15 is 0 Å². The second kappa shape index (κ2) is 18.6. The fourth-order valence-corrected chi connectivity index (χ4v) is 11.7. The number of fused-ring (bicyclic) bond motifs is 8. The topological polar surface area (TPSA) is 159 Å². The van der Waals surface area contributed by atoms with Crippen LogP contribution in [0.1, 0.15) is 121 Å². The number of nitrogens with zero attached hydrogens (tertiary/aromatic N) is 5. The van der Waals surface area contributed by atoms with Crippen molar-refractivity contribution in [2.45, 2.75) is 148 Å². The molecule has 5 aliphatic heterocycles. The number of piperidine rings is 1. The maximum absolute atomic E-state index is 14.4. The summed E-state index contributed by atoms with van der Waals surface area (Å²) in [4.78, 5) is 54.7. The van der Waals surface area contributed by atoms with Crippen molar-refractivity contribution in [3.63, 3.8) is 0 Å². The number of amides is 2. The van der Waals surface area contributed by atoms with Gasteiger partial charge in [0.05, 0.1) is 67.3 Å². The Morgan fingerprint density at radius 3 is 2.48 bits per heavy atom. The second-order valence-electron chi connectivity index (χ2n) is 20.8. The number of nitrogens with one attached hydrogen (secondary N) is 2. The Labute approximate surface area is 392 Å². The highest BCUT2D eigenvalue weighted by molar-refractivity contribution is 7.10. The van der Waals surface area contributed by atoms with Crippen molar-refractivity contribution < 1.29 is 38.1 Å². The SMILES string of the molecule is CCn1c(-c2cc([C@H]3C[C@H]4COC[C@@H](C3)N4C3COC3)cnc2[C@H](C)OC)c2c3cc(ccc31)-c1csc(n1)[C@@H](C)[C@H](NC(=O)OC(C)(C)C)C(=O)N1CCC[C@H](N1)C(=O)OCC(C)(C)C2. The third-order valence-corrected chi connectivity index (χ3v) is 15.2. The molecule has 0 unspecified atom stereocenters. The molecule has 8 bridgehead atoms. The second-order valence-corrected chi connectivity index (χ2v) is 21.7. The van der Waals surface area contributed by atoms with Crippen LogP contribution in [0.15, 0.2) is 35.8 Å². The van der Waals surface area contributed by atoms with Gasteiger partial charge in [-0.1, -0.05) is 26.8 Å². The highest BCUT2D eigenvalue weighted by atomic mass is 32.1. The van der Waals surface area contributed by atoms with Crippen molar-refractivity contribution in [1.82, 2.24) is 35.2 Å². The smallest absolute Gasteiger partial charge is 0.408 e. The van der Waals surface area contributed by atoms with E-state index in [1.807, 2.05) is 12.3 Å². The average Bonchev–Trinajstić information content (AvgIpc) is 3.88. The Bertz CT molecular complexity index is 2440. The predicted molar refractivity (Wildman–Crippen MR) is 252 cm³/mol. The van der Waals surface area contributed by atoms with Crippen LogP contribution in [-0.2, 0) is 46.2 Å². The van der Waals surface area contributed by atoms with Crippen LogP contribution in [0.4, 0.5) is 4.79 Å². The first-order chi connectivity index (χ1) is 31.5. The van der Waals surface area contributed by atoms with Gasteiger partial charge in [0.1, 0.15) is 17.7 Å². The molecule has 1 aromatic carbocycles. The van der Waals surface area contributed by atoms with E-state index in [9.17, 15) is 14.4 Å². The number of carbonyl (C=O) groups is 3. The molecule has 66 heavy (non-hydrogen) atoms. The predicted octanol–water partition coefficient (Wildman–Crippen LogP) is 7.52. The van der Waals surface area contributed by atoms with Crippen molar-refractivity contribution in [2.75, 3.05) is 46.7 Å². The van der Waals surface area contributed by atoms with Crippen molar-refractivity contribution in [3.8, 4) is 22.5 Å². The summed E-state index contributed by atoms with van der Waals surface area (Å²) in [6.45, 7) is 20.0. The number of rotatable bonds is 7. The summed E-state index contributed by atoms with van der Waals surface area (Å²) in [5.74, 6) is -1.02. The van der Waals surface area contributed by atoms with E-state index in [4.69, 9.17) is 33.7 Å². The largest absolute Gasteiger partial charge is 0.464 e. The number of cyclic esters (lactones) is 1. The molecule has 4 saturated heterocycles. The van der Waals surface area contributed by atoms with E-state index in [1.165, 1.54) is 21.9 Å². The molecule has 3 aromatic heterocycles. The summed E-state index contributed by atoms with van der Waals surface area (Å²) in [6.07, 6.45) is 4.76. The van der Waals surface area contributed by atoms with E-state index < -0.39 is 41.1 Å². The van der Waals surface area contributed by atoms with E-state index in [0.29, 0.717) is 61.4 Å². The lowest BCUT2D eigenvalue weighted by Gasteiger charge is -2.53. The number of esters is 1. The van der Waals surface area contributed by atoms with Crippen LogP contribution in [0.2, 0.25) is 0 Å². The number of hydrogen-bond donors (Lipinski definition) is 2. The Hall–Kier alpha value is -4.45. The number of aryl methyl sites for hydroxylation is 1. The number of thiazole rings is 1. The number of methoxy groups -OCH3 is 1. The van der Waals surface area contributed by atoms with E-state index in [0.717, 1.165) is 83.9 Å². The third kappa shape index (κ3) is 9.25. The number of alkyl carbamates (subject to hydrolysis) is 1. The number of ether oxygens (including phenoxy) is 5. The molecule has 2 amide bonds. The molecule has 0 aliphatic carbocycles. The van der Waals surface area contributed by atoms with Gasteiger partial charge in [-0.25, -0.2) is 15.2 Å². The minimum Gasteiger partial charge on any atom is -0.464 e. The molecular formula is C50H67N7O8S. The molecule has 356 valence electrons. The van der Waals surface area contributed by atoms with Crippen molar-refractivity contribution in [2.24, 2.45) is 5.41 Å². The highest BCUT2D eigenvalue weighted by Gasteiger charge is 2.45. The van der Waals surface area contributed by atoms with Crippen molar-refractivity contribution in [3.05, 3.63) is 57.7 Å². The monoisotopic (exact) mass is 925 g/mol. The van der Waals surface area contributed by atoms with Crippen molar-refractivity contribution >= 4 is 40.2 Å². The van der Waals surface area contributed by atoms with Crippen LogP contribution in [0.5, 0.6) is 0 Å². The van der Waals surface area contributed by atoms with Gasteiger partial charge in [0.2, 0.25) is 0 Å². The zero-order chi connectivity index (χ0) is 46.7. The standard InChI is InChI=1S/C50H67N7O8S/c1-10-55-41-14-13-30-18-36(41)38(44(55)37-19-32(21-51-43(37)29(3)61-9)31-16-33-22-62-23-34(17-31)57(33)35-24-63-25-35)20-50(7,8)27-64-47(59)39-12-11-15-56(54-39)46(58)42(53-48(60)65-49(4,5)6)28(2)45-52-40(30)26-66-45/h13-14,18-19,21,26,28-29,31,33-35,39,42,54H,10-12,15-17,20,22-25,27H2,1-9H3,(H,53,60)/t28-,29-,31-,33-,34+,39-,42-/m0/s1. The van der Waals surface area contributed by atoms with Crippen LogP contribution < -0.4 is 10.7 Å². The maximum atomic E-state index is 14.4. The number of aromatic nitrogens is 3. The molecule has 16 heteroatoms. The molecule has 7 atom stereocenters. The van der Waals surface area contributed by atoms with Gasteiger partial charge in [-0.05, 0) is 102 Å². The Kier molecular flexibility index (Phi) is 13.1. The van der Waals surface area contributed by atoms with Gasteiger partial charge in [-0.2, -0.15) is 0 Å². The number of hydrogen-bond acceptors (Lipinski definition) is 13. The van der Waals surface area contributed by atoms with E-state index in [1.54, 1.807) is 27.9 Å². The Morgan fingerprint density at radius 2 is 1.80 bits per heavy atom. The van der Waals surface area contributed by atoms with Crippen LogP contribution in [0.25, 0.3) is 33.4 Å². The minimum absolute atomic E-state index is 0.153. The van der Waals surface area contributed by atoms with Gasteiger partial charge in [0.15, 0.2) is 0 Å². The number of morpholine rings is 1. The summed E-state index contributed by atoms with van der Waals surface area (Å²) < 4.78 is 32.0. The minimum atomic E-state index is -1.03. The lowest BCUT2D eigenvalue weighted by atomic mass is 9.79. The Balaban J connectivity index is 1.16. The zero-order valence-electron chi connectivity index (χ0n) is 40.0. The summed E-state index contributed by atoms with van der Waals surface area (Å²) in [7, 11) is 1.74. The number of hydrazine groups is 1. The first-order valence-corrected chi connectivity index (χ1v) is 24.7. The summed E-state index contributed by atoms with van der Waals surface area (Å²) in [5.41, 5.74) is 10.1. The molecule has 9 rings (SSSR count). The van der Waals surface area contributed by atoms with Gasteiger partial charge in [-0.15, -0.1) is 11.3 Å². The molecule has 0 saturated carbocycles. The molecule has 0 radical (unpaired) electrons. The number of benzene rings is 1. The van der Waals surface area contributed by atoms with Gasteiger partial charge in [0, 0.05) is 77.2 Å². The van der Waals surface area contributed by atoms with Crippen LogP contribution >= 0.6 is 11.3 Å². The van der Waals surface area contributed by atoms with Gasteiger partial charge in [0.25, 0.3) is 5.91 Å². The highest BCUT2D eigenvalue weighted by Crippen LogP contribution is 2.45. The zero-order valence-corrected chi connectivity index (χ0v) is 40.8. The molecule has 4 fully saturated rings. The van der Waals surface area contributed by atoms with Crippen molar-refractivity contribution in [1.29, 1.82) is 0 Å². The van der Waals surface area contributed by atoms with Gasteiger partial charge < -0.3 is 33.6 Å². The molecular weight excluding hydrogens is 859 g/mol. The van der Waals surface area contributed by atoms with Gasteiger partial charge >= 0.3 is 12.1 Å². The van der Waals surface area contributed by atoms with Crippen LogP contribution in [-0.4, -0.2) is 125 Å². The lowest BCUT2D eigenvalue weighted by molar-refractivity contribution is -0.159. The fourth-order valence-electron chi connectivity index (χ4n) is 10.7. The van der Waals surface area contributed by atoms with E-state index in [-0.39, 0.29) is 18.6 Å².